The van der Waals surface area contributed by atoms with E-state index in [1.165, 1.54) is 6.07 Å². The van der Waals surface area contributed by atoms with E-state index in [0.29, 0.717) is 28.6 Å². The Morgan fingerprint density at radius 2 is 1.68 bits per heavy atom. The molecule has 0 amide bonds. The summed E-state index contributed by atoms with van der Waals surface area (Å²) in [6.07, 6.45) is -2.78. The predicted molar refractivity (Wildman–Crippen MR) is 128 cm³/mol. The first kappa shape index (κ1) is 23.5. The highest BCUT2D eigenvalue weighted by Crippen LogP contribution is 2.37. The number of imidazole rings is 1. The van der Waals surface area contributed by atoms with Gasteiger partial charge in [0.05, 0.1) is 23.0 Å². The molecular weight excluding hydrogens is 439 g/mol. The van der Waals surface area contributed by atoms with Gasteiger partial charge in [-0.3, -0.25) is 0 Å². The lowest BCUT2D eigenvalue weighted by atomic mass is 10.0. The molecule has 0 aliphatic carbocycles. The van der Waals surface area contributed by atoms with Gasteiger partial charge in [-0.2, -0.15) is 13.2 Å². The Morgan fingerprint density at radius 1 is 0.941 bits per heavy atom. The van der Waals surface area contributed by atoms with Crippen molar-refractivity contribution in [3.05, 3.63) is 89.9 Å². The molecule has 4 aromatic rings. The highest BCUT2D eigenvalue weighted by Gasteiger charge is 2.31. The Balaban J connectivity index is 1.79. The molecule has 3 N–H and O–H groups in total. The summed E-state index contributed by atoms with van der Waals surface area (Å²) < 4.78 is 41.9. The average molecular weight is 466 g/mol. The second kappa shape index (κ2) is 9.30. The largest absolute Gasteiger partial charge is 0.416 e. The minimum atomic E-state index is -4.45. The molecule has 5 nitrogen and oxygen atoms in total. The Hall–Kier alpha value is -3.65. The van der Waals surface area contributed by atoms with Crippen molar-refractivity contribution in [1.82, 2.24) is 14.5 Å². The van der Waals surface area contributed by atoms with Gasteiger partial charge in [-0.05, 0) is 43.7 Å². The molecule has 2 aromatic carbocycles. The fraction of sp³-hybridized carbons (Fsp3) is 0.231. The maximum Gasteiger partial charge on any atom is 0.416 e. The van der Waals surface area contributed by atoms with E-state index in [-0.39, 0.29) is 6.04 Å². The SMILES string of the molecule is CC(N)c1nc(-c2cccc(C(F)(F)F)c2)c(-c2ccnc(N[C@@H](C)c3ccccc3)c2)n1C. The molecule has 0 saturated carbocycles. The second-order valence-electron chi connectivity index (χ2n) is 8.30. The summed E-state index contributed by atoms with van der Waals surface area (Å²) in [5.74, 6) is 1.22. The smallest absolute Gasteiger partial charge is 0.364 e. The van der Waals surface area contributed by atoms with Gasteiger partial charge in [0.2, 0.25) is 0 Å². The van der Waals surface area contributed by atoms with Gasteiger partial charge in [0, 0.05) is 30.4 Å². The lowest BCUT2D eigenvalue weighted by Gasteiger charge is -2.16. The van der Waals surface area contributed by atoms with Crippen LogP contribution in [0.2, 0.25) is 0 Å². The molecule has 2 aromatic heterocycles. The molecule has 2 atom stereocenters. The second-order valence-corrected chi connectivity index (χ2v) is 8.30. The lowest BCUT2D eigenvalue weighted by Crippen LogP contribution is -2.12. The lowest BCUT2D eigenvalue weighted by molar-refractivity contribution is -0.137. The fourth-order valence-corrected chi connectivity index (χ4v) is 4.00. The minimum Gasteiger partial charge on any atom is -0.364 e. The van der Waals surface area contributed by atoms with E-state index in [1.54, 1.807) is 19.2 Å². The summed E-state index contributed by atoms with van der Waals surface area (Å²) in [6.45, 7) is 3.83. The normalized spacial score (nSPS) is 13.5. The quantitative estimate of drug-likeness (QED) is 0.348. The number of nitrogens with two attached hydrogens (primary N) is 1. The van der Waals surface area contributed by atoms with E-state index < -0.39 is 17.8 Å². The molecule has 0 spiro atoms. The molecular formula is C26H26F3N5. The van der Waals surface area contributed by atoms with Crippen LogP contribution in [0, 0.1) is 0 Å². The Labute approximate surface area is 196 Å². The van der Waals surface area contributed by atoms with Crippen LogP contribution in [-0.4, -0.2) is 14.5 Å². The Kier molecular flexibility index (Phi) is 6.43. The zero-order chi connectivity index (χ0) is 24.5. The van der Waals surface area contributed by atoms with E-state index in [4.69, 9.17) is 5.73 Å². The number of rotatable bonds is 6. The van der Waals surface area contributed by atoms with E-state index in [9.17, 15) is 13.2 Å². The standard InChI is InChI=1S/C26H26F3N5/c1-16(30)25-33-23(19-10-7-11-21(14-19)26(27,28)29)24(34(25)3)20-12-13-31-22(15-20)32-17(2)18-8-5-4-6-9-18/h4-17H,30H2,1-3H3,(H,31,32)/t16?,17-/m0/s1. The van der Waals surface area contributed by atoms with Gasteiger partial charge in [-0.1, -0.05) is 42.5 Å². The van der Waals surface area contributed by atoms with Crippen LogP contribution in [0.3, 0.4) is 0 Å². The third-order valence-corrected chi connectivity index (χ3v) is 5.70. The van der Waals surface area contributed by atoms with Crippen molar-refractivity contribution >= 4 is 5.82 Å². The summed E-state index contributed by atoms with van der Waals surface area (Å²) in [4.78, 5) is 9.08. The van der Waals surface area contributed by atoms with E-state index >= 15 is 0 Å². The van der Waals surface area contributed by atoms with Gasteiger partial charge in [0.15, 0.2) is 0 Å². The number of aromatic nitrogens is 3. The molecule has 4 rings (SSSR count). The minimum absolute atomic E-state index is 0.0121. The van der Waals surface area contributed by atoms with Crippen LogP contribution in [0.5, 0.6) is 0 Å². The molecule has 0 radical (unpaired) electrons. The van der Waals surface area contributed by atoms with Gasteiger partial charge < -0.3 is 15.6 Å². The number of nitrogens with one attached hydrogen (secondary N) is 1. The summed E-state index contributed by atoms with van der Waals surface area (Å²) in [7, 11) is 1.82. The van der Waals surface area contributed by atoms with Crippen LogP contribution in [0.4, 0.5) is 19.0 Å². The number of halogens is 3. The van der Waals surface area contributed by atoms with Crippen LogP contribution >= 0.6 is 0 Å². The molecule has 1 unspecified atom stereocenters. The first-order valence-electron chi connectivity index (χ1n) is 10.9. The summed E-state index contributed by atoms with van der Waals surface area (Å²) in [6, 6.07) is 18.5. The first-order chi connectivity index (χ1) is 16.1. The van der Waals surface area contributed by atoms with Crippen molar-refractivity contribution in [2.24, 2.45) is 12.8 Å². The van der Waals surface area contributed by atoms with Crippen molar-refractivity contribution in [3.8, 4) is 22.5 Å². The molecule has 2 heterocycles. The van der Waals surface area contributed by atoms with Crippen molar-refractivity contribution in [1.29, 1.82) is 0 Å². The van der Waals surface area contributed by atoms with Crippen LogP contribution in [0.25, 0.3) is 22.5 Å². The molecule has 34 heavy (non-hydrogen) atoms. The average Bonchev–Trinajstić information content (AvgIpc) is 3.17. The van der Waals surface area contributed by atoms with E-state index in [2.05, 4.69) is 15.3 Å². The number of benzene rings is 2. The van der Waals surface area contributed by atoms with Gasteiger partial charge in [0.25, 0.3) is 0 Å². The molecule has 0 fully saturated rings. The maximum atomic E-state index is 13.4. The molecule has 0 saturated heterocycles. The molecule has 176 valence electrons. The fourth-order valence-electron chi connectivity index (χ4n) is 4.00. The number of nitrogens with zero attached hydrogens (tertiary/aromatic N) is 3. The van der Waals surface area contributed by atoms with Crippen molar-refractivity contribution in [2.45, 2.75) is 32.1 Å². The zero-order valence-electron chi connectivity index (χ0n) is 19.1. The predicted octanol–water partition coefficient (Wildman–Crippen LogP) is 6.36. The van der Waals surface area contributed by atoms with Crippen LogP contribution < -0.4 is 11.1 Å². The summed E-state index contributed by atoms with van der Waals surface area (Å²) in [5, 5.41) is 3.39. The third-order valence-electron chi connectivity index (χ3n) is 5.70. The van der Waals surface area contributed by atoms with Crippen molar-refractivity contribution in [2.75, 3.05) is 5.32 Å². The Morgan fingerprint density at radius 3 is 2.35 bits per heavy atom. The monoisotopic (exact) mass is 465 g/mol. The molecule has 0 bridgehead atoms. The van der Waals surface area contributed by atoms with Crippen LogP contribution in [0.1, 0.15) is 42.9 Å². The molecule has 8 heteroatoms. The highest BCUT2D eigenvalue weighted by atomic mass is 19.4. The van der Waals surface area contributed by atoms with E-state index in [0.717, 1.165) is 23.3 Å². The number of alkyl halides is 3. The zero-order valence-corrected chi connectivity index (χ0v) is 19.1. The maximum absolute atomic E-state index is 13.4. The van der Waals surface area contributed by atoms with Crippen LogP contribution in [0.15, 0.2) is 72.9 Å². The van der Waals surface area contributed by atoms with Gasteiger partial charge in [-0.25, -0.2) is 9.97 Å². The van der Waals surface area contributed by atoms with Gasteiger partial charge in [0.1, 0.15) is 11.6 Å². The topological polar surface area (TPSA) is 68.8 Å². The van der Waals surface area contributed by atoms with Crippen molar-refractivity contribution < 1.29 is 13.2 Å². The molecule has 0 aliphatic heterocycles. The Bertz CT molecular complexity index is 1280. The number of anilines is 1. The number of pyridine rings is 1. The van der Waals surface area contributed by atoms with E-state index in [1.807, 2.05) is 61.0 Å². The van der Waals surface area contributed by atoms with Gasteiger partial charge in [-0.15, -0.1) is 0 Å². The third kappa shape index (κ3) is 4.82. The number of hydrogen-bond acceptors (Lipinski definition) is 4. The molecule has 0 aliphatic rings. The first-order valence-corrected chi connectivity index (χ1v) is 10.9. The van der Waals surface area contributed by atoms with Gasteiger partial charge >= 0.3 is 6.18 Å². The van der Waals surface area contributed by atoms with Crippen molar-refractivity contribution in [3.63, 3.8) is 0 Å². The summed E-state index contributed by atoms with van der Waals surface area (Å²) in [5.41, 5.74) is 8.76. The van der Waals surface area contributed by atoms with Crippen LogP contribution in [-0.2, 0) is 13.2 Å². The highest BCUT2D eigenvalue weighted by molar-refractivity contribution is 5.80. The summed E-state index contributed by atoms with van der Waals surface area (Å²) >= 11 is 0. The number of hydrogen-bond donors (Lipinski definition) is 2.